The lowest BCUT2D eigenvalue weighted by atomic mass is 10.0. The Morgan fingerprint density at radius 3 is 2.62 bits per heavy atom. The van der Waals surface area contributed by atoms with Crippen LogP contribution in [0.3, 0.4) is 0 Å². The normalized spacial score (nSPS) is 12.3. The summed E-state index contributed by atoms with van der Waals surface area (Å²) in [6.45, 7) is 4.45. The minimum atomic E-state index is -0.586. The van der Waals surface area contributed by atoms with Gasteiger partial charge in [0.2, 0.25) is 0 Å². The molecule has 116 valence electrons. The molecule has 0 radical (unpaired) electrons. The topological polar surface area (TPSA) is 89.5 Å². The van der Waals surface area contributed by atoms with Crippen molar-refractivity contribution >= 4 is 23.2 Å². The summed E-state index contributed by atoms with van der Waals surface area (Å²) in [5, 5.41) is 11.3. The number of carbonyl (C=O) groups is 1. The second-order valence-electron chi connectivity index (χ2n) is 5.34. The number of benzene rings is 1. The molecule has 0 aliphatic heterocycles. The Morgan fingerprint density at radius 1 is 1.48 bits per heavy atom. The Morgan fingerprint density at radius 2 is 2.10 bits per heavy atom. The molecule has 0 spiro atoms. The summed E-state index contributed by atoms with van der Waals surface area (Å²) in [6.07, 6.45) is 0.633. The van der Waals surface area contributed by atoms with Crippen LogP contribution in [0, 0.1) is 16.0 Å². The summed E-state index contributed by atoms with van der Waals surface area (Å²) in [4.78, 5) is 24.2. The van der Waals surface area contributed by atoms with Gasteiger partial charge in [-0.1, -0.05) is 25.4 Å². The predicted molar refractivity (Wildman–Crippen MR) is 82.5 cm³/mol. The maximum absolute atomic E-state index is 12.3. The van der Waals surface area contributed by atoms with Gasteiger partial charge in [-0.15, -0.1) is 0 Å². The van der Waals surface area contributed by atoms with Gasteiger partial charge in [0.1, 0.15) is 5.56 Å². The first-order valence-corrected chi connectivity index (χ1v) is 7.06. The van der Waals surface area contributed by atoms with E-state index in [1.54, 1.807) is 7.05 Å². The SMILES string of the molecule is CC(C)C(N)CCN(C)C(=O)c1cc(Cl)ccc1[N+](=O)[O-]. The highest BCUT2D eigenvalue weighted by Crippen LogP contribution is 2.24. The fraction of sp³-hybridized carbons (Fsp3) is 0.500. The highest BCUT2D eigenvalue weighted by atomic mass is 35.5. The first-order chi connectivity index (χ1) is 9.73. The van der Waals surface area contributed by atoms with Gasteiger partial charge in [0.25, 0.3) is 11.6 Å². The number of nitrogens with zero attached hydrogens (tertiary/aromatic N) is 2. The van der Waals surface area contributed by atoms with E-state index in [0.29, 0.717) is 18.9 Å². The van der Waals surface area contributed by atoms with E-state index in [2.05, 4.69) is 0 Å². The first kappa shape index (κ1) is 17.4. The molecular formula is C14H20ClN3O3. The second-order valence-corrected chi connectivity index (χ2v) is 5.78. The molecule has 0 aliphatic carbocycles. The number of carbonyl (C=O) groups excluding carboxylic acids is 1. The minimum Gasteiger partial charge on any atom is -0.341 e. The van der Waals surface area contributed by atoms with Gasteiger partial charge in [0.05, 0.1) is 4.92 Å². The molecule has 0 aromatic heterocycles. The van der Waals surface area contributed by atoms with E-state index in [9.17, 15) is 14.9 Å². The molecule has 7 heteroatoms. The fourth-order valence-corrected chi connectivity index (χ4v) is 1.99. The van der Waals surface area contributed by atoms with Gasteiger partial charge in [-0.25, -0.2) is 0 Å². The monoisotopic (exact) mass is 313 g/mol. The standard InChI is InChI=1S/C14H20ClN3O3/c1-9(2)12(16)6-7-17(3)14(19)11-8-10(15)4-5-13(11)18(20)21/h4-5,8-9,12H,6-7,16H2,1-3H3. The van der Waals surface area contributed by atoms with E-state index in [-0.39, 0.29) is 22.3 Å². The van der Waals surface area contributed by atoms with Crippen molar-refractivity contribution in [3.63, 3.8) is 0 Å². The number of hydrogen-bond acceptors (Lipinski definition) is 4. The van der Waals surface area contributed by atoms with Crippen LogP contribution in [0.4, 0.5) is 5.69 Å². The van der Waals surface area contributed by atoms with Crippen LogP contribution in [0.5, 0.6) is 0 Å². The van der Waals surface area contributed by atoms with Crippen molar-refractivity contribution in [2.45, 2.75) is 26.3 Å². The average Bonchev–Trinajstić information content (AvgIpc) is 2.42. The van der Waals surface area contributed by atoms with Crippen molar-refractivity contribution < 1.29 is 9.72 Å². The summed E-state index contributed by atoms with van der Waals surface area (Å²) in [6, 6.07) is 3.93. The molecule has 21 heavy (non-hydrogen) atoms. The highest BCUT2D eigenvalue weighted by Gasteiger charge is 2.23. The van der Waals surface area contributed by atoms with Crippen molar-refractivity contribution in [1.29, 1.82) is 0 Å². The van der Waals surface area contributed by atoms with Crippen molar-refractivity contribution in [1.82, 2.24) is 4.90 Å². The molecule has 0 heterocycles. The van der Waals surface area contributed by atoms with E-state index in [4.69, 9.17) is 17.3 Å². The summed E-state index contributed by atoms with van der Waals surface area (Å²) in [5.41, 5.74) is 5.69. The van der Waals surface area contributed by atoms with Gasteiger partial charge in [-0.2, -0.15) is 0 Å². The van der Waals surface area contributed by atoms with Crippen LogP contribution < -0.4 is 5.73 Å². The van der Waals surface area contributed by atoms with E-state index in [0.717, 1.165) is 0 Å². The Labute approximate surface area is 129 Å². The minimum absolute atomic E-state index is 0.00637. The van der Waals surface area contributed by atoms with Crippen molar-refractivity contribution in [3.05, 3.63) is 38.9 Å². The van der Waals surface area contributed by atoms with Gasteiger partial charge >= 0.3 is 0 Å². The molecule has 0 bridgehead atoms. The van der Waals surface area contributed by atoms with Crippen molar-refractivity contribution in [2.75, 3.05) is 13.6 Å². The molecule has 1 atom stereocenters. The zero-order valence-corrected chi connectivity index (χ0v) is 13.1. The third-order valence-electron chi connectivity index (χ3n) is 3.39. The smallest absolute Gasteiger partial charge is 0.282 e. The lowest BCUT2D eigenvalue weighted by Gasteiger charge is -2.21. The van der Waals surface area contributed by atoms with Gasteiger partial charge in [-0.05, 0) is 24.5 Å². The molecule has 0 fully saturated rings. The molecule has 0 saturated carbocycles. The number of nitro groups is 1. The number of amides is 1. The third kappa shape index (κ3) is 4.68. The molecule has 1 amide bonds. The highest BCUT2D eigenvalue weighted by molar-refractivity contribution is 6.31. The average molecular weight is 314 g/mol. The van der Waals surface area contributed by atoms with Gasteiger partial charge in [-0.3, -0.25) is 14.9 Å². The zero-order valence-electron chi connectivity index (χ0n) is 12.4. The lowest BCUT2D eigenvalue weighted by molar-refractivity contribution is -0.385. The Kier molecular flexibility index (Phi) is 6.11. The van der Waals surface area contributed by atoms with Crippen LogP contribution in [0.15, 0.2) is 18.2 Å². The number of hydrogen-bond donors (Lipinski definition) is 1. The van der Waals surface area contributed by atoms with Crippen LogP contribution in [0.1, 0.15) is 30.6 Å². The first-order valence-electron chi connectivity index (χ1n) is 6.69. The zero-order chi connectivity index (χ0) is 16.2. The quantitative estimate of drug-likeness (QED) is 0.646. The second kappa shape index (κ2) is 7.38. The molecule has 6 nitrogen and oxygen atoms in total. The van der Waals surface area contributed by atoms with E-state index < -0.39 is 10.8 Å². The summed E-state index contributed by atoms with van der Waals surface area (Å²) < 4.78 is 0. The van der Waals surface area contributed by atoms with Crippen LogP contribution in [-0.2, 0) is 0 Å². The summed E-state index contributed by atoms with van der Waals surface area (Å²) in [7, 11) is 1.60. The third-order valence-corrected chi connectivity index (χ3v) is 3.62. The maximum Gasteiger partial charge on any atom is 0.282 e. The lowest BCUT2D eigenvalue weighted by Crippen LogP contribution is -2.34. The predicted octanol–water partition coefficient (Wildman–Crippen LogP) is 2.69. The van der Waals surface area contributed by atoms with Gasteiger partial charge in [0.15, 0.2) is 0 Å². The van der Waals surface area contributed by atoms with Crippen molar-refractivity contribution in [2.24, 2.45) is 11.7 Å². The summed E-state index contributed by atoms with van der Waals surface area (Å²) >= 11 is 5.83. The van der Waals surface area contributed by atoms with Crippen LogP contribution in [0.2, 0.25) is 5.02 Å². The molecule has 1 aromatic rings. The Balaban J connectivity index is 2.87. The molecule has 1 rings (SSSR count). The van der Waals surface area contributed by atoms with E-state index in [1.807, 2.05) is 13.8 Å². The van der Waals surface area contributed by atoms with Crippen LogP contribution in [-0.4, -0.2) is 35.4 Å². The number of halogens is 1. The molecule has 2 N–H and O–H groups in total. The fourth-order valence-electron chi connectivity index (χ4n) is 1.82. The molecule has 1 unspecified atom stereocenters. The molecule has 0 saturated heterocycles. The molecular weight excluding hydrogens is 294 g/mol. The van der Waals surface area contributed by atoms with Gasteiger partial charge < -0.3 is 10.6 Å². The molecule has 1 aromatic carbocycles. The molecule has 0 aliphatic rings. The number of nitro benzene ring substituents is 1. The van der Waals surface area contributed by atoms with Crippen molar-refractivity contribution in [3.8, 4) is 0 Å². The Hall–Kier alpha value is -1.66. The largest absolute Gasteiger partial charge is 0.341 e. The van der Waals surface area contributed by atoms with Crippen LogP contribution >= 0.6 is 11.6 Å². The van der Waals surface area contributed by atoms with Gasteiger partial charge in [0, 0.05) is 30.7 Å². The van der Waals surface area contributed by atoms with E-state index >= 15 is 0 Å². The summed E-state index contributed by atoms with van der Waals surface area (Å²) in [5.74, 6) is -0.117. The maximum atomic E-state index is 12.3. The number of nitrogens with two attached hydrogens (primary N) is 1. The number of rotatable bonds is 6. The van der Waals surface area contributed by atoms with Crippen LogP contribution in [0.25, 0.3) is 0 Å². The van der Waals surface area contributed by atoms with E-state index in [1.165, 1.54) is 23.1 Å². The Bertz CT molecular complexity index is 534.